The molecule has 0 bridgehead atoms. The second kappa shape index (κ2) is 6.09. The van der Waals surface area contributed by atoms with Crippen molar-refractivity contribution in [1.82, 2.24) is 10.2 Å². The van der Waals surface area contributed by atoms with Crippen LogP contribution in [-0.2, 0) is 11.3 Å². The highest BCUT2D eigenvalue weighted by molar-refractivity contribution is 5.90. The molecule has 6 heteroatoms. The lowest BCUT2D eigenvalue weighted by Gasteiger charge is -2.15. The van der Waals surface area contributed by atoms with Crippen LogP contribution in [0, 0.1) is 6.92 Å². The molecule has 1 rings (SSSR count). The van der Waals surface area contributed by atoms with Gasteiger partial charge in [0, 0.05) is 13.6 Å². The van der Waals surface area contributed by atoms with Crippen molar-refractivity contribution in [3.63, 3.8) is 0 Å². The van der Waals surface area contributed by atoms with Gasteiger partial charge in [-0.3, -0.25) is 0 Å². The van der Waals surface area contributed by atoms with Crippen molar-refractivity contribution in [2.45, 2.75) is 20.4 Å². The molecule has 0 atom stereocenters. The van der Waals surface area contributed by atoms with Gasteiger partial charge in [0.05, 0.1) is 13.7 Å². The molecule has 0 saturated heterocycles. The standard InChI is InChI=1S/C12H18N2O4/c1-5-13-12(16)14(3)7-9-6-10(8(2)18-9)11(15)17-4/h6H,5,7H2,1-4H3,(H,13,16). The first-order valence-corrected chi connectivity index (χ1v) is 5.66. The number of ether oxygens (including phenoxy) is 1. The molecule has 1 N–H and O–H groups in total. The van der Waals surface area contributed by atoms with Gasteiger partial charge in [-0.1, -0.05) is 0 Å². The molecule has 6 nitrogen and oxygen atoms in total. The molecule has 0 aliphatic carbocycles. The van der Waals surface area contributed by atoms with Crippen LogP contribution in [0.4, 0.5) is 4.79 Å². The van der Waals surface area contributed by atoms with Gasteiger partial charge in [-0.15, -0.1) is 0 Å². The van der Waals surface area contributed by atoms with Gasteiger partial charge < -0.3 is 19.4 Å². The fourth-order valence-corrected chi connectivity index (χ4v) is 1.53. The summed E-state index contributed by atoms with van der Waals surface area (Å²) in [6, 6.07) is 1.41. The van der Waals surface area contributed by atoms with Gasteiger partial charge in [0.15, 0.2) is 0 Å². The van der Waals surface area contributed by atoms with Crippen LogP contribution in [0.5, 0.6) is 0 Å². The summed E-state index contributed by atoms with van der Waals surface area (Å²) in [5, 5.41) is 2.67. The van der Waals surface area contributed by atoms with Crippen molar-refractivity contribution in [3.8, 4) is 0 Å². The number of esters is 1. The van der Waals surface area contributed by atoms with Crippen molar-refractivity contribution in [2.24, 2.45) is 0 Å². The fraction of sp³-hybridized carbons (Fsp3) is 0.500. The van der Waals surface area contributed by atoms with E-state index >= 15 is 0 Å². The number of nitrogens with zero attached hydrogens (tertiary/aromatic N) is 1. The average Bonchev–Trinajstić information content (AvgIpc) is 2.69. The van der Waals surface area contributed by atoms with E-state index in [0.29, 0.717) is 30.2 Å². The summed E-state index contributed by atoms with van der Waals surface area (Å²) >= 11 is 0. The van der Waals surface area contributed by atoms with E-state index in [2.05, 4.69) is 10.1 Å². The number of urea groups is 1. The van der Waals surface area contributed by atoms with Crippen LogP contribution in [0.15, 0.2) is 10.5 Å². The molecule has 2 amide bonds. The molecule has 1 aromatic rings. The predicted octanol–water partition coefficient (Wildman–Crippen LogP) is 1.54. The third kappa shape index (κ3) is 3.26. The SMILES string of the molecule is CCNC(=O)N(C)Cc1cc(C(=O)OC)c(C)o1. The molecule has 0 saturated carbocycles. The summed E-state index contributed by atoms with van der Waals surface area (Å²) in [7, 11) is 2.97. The number of aryl methyl sites for hydroxylation is 1. The molecular weight excluding hydrogens is 236 g/mol. The van der Waals surface area contributed by atoms with E-state index in [1.165, 1.54) is 12.0 Å². The van der Waals surface area contributed by atoms with Crippen LogP contribution in [0.3, 0.4) is 0 Å². The van der Waals surface area contributed by atoms with Crippen molar-refractivity contribution in [1.29, 1.82) is 0 Å². The van der Waals surface area contributed by atoms with E-state index in [-0.39, 0.29) is 6.03 Å². The van der Waals surface area contributed by atoms with Crippen molar-refractivity contribution >= 4 is 12.0 Å². The van der Waals surface area contributed by atoms with Crippen LogP contribution in [0.2, 0.25) is 0 Å². The lowest BCUT2D eigenvalue weighted by Crippen LogP contribution is -2.36. The molecule has 0 aromatic carbocycles. The van der Waals surface area contributed by atoms with Crippen molar-refractivity contribution in [3.05, 3.63) is 23.2 Å². The third-order valence-corrected chi connectivity index (χ3v) is 2.44. The van der Waals surface area contributed by atoms with Crippen molar-refractivity contribution in [2.75, 3.05) is 20.7 Å². The Kier molecular flexibility index (Phi) is 4.76. The van der Waals surface area contributed by atoms with E-state index < -0.39 is 5.97 Å². The zero-order valence-corrected chi connectivity index (χ0v) is 11.1. The summed E-state index contributed by atoms with van der Waals surface area (Å²) in [5.41, 5.74) is 0.386. The Morgan fingerprint density at radius 3 is 2.72 bits per heavy atom. The van der Waals surface area contributed by atoms with Gasteiger partial charge in [0.25, 0.3) is 0 Å². The van der Waals surface area contributed by atoms with Crippen molar-refractivity contribution < 1.29 is 18.7 Å². The van der Waals surface area contributed by atoms with Gasteiger partial charge in [-0.25, -0.2) is 9.59 Å². The summed E-state index contributed by atoms with van der Waals surface area (Å²) in [6.45, 7) is 4.39. The number of amides is 2. The summed E-state index contributed by atoms with van der Waals surface area (Å²) in [6.07, 6.45) is 0. The Bertz CT molecular complexity index is 439. The Labute approximate surface area is 106 Å². The molecule has 0 unspecified atom stereocenters. The molecule has 0 fully saturated rings. The molecule has 1 heterocycles. The fourth-order valence-electron chi connectivity index (χ4n) is 1.53. The normalized spacial score (nSPS) is 10.0. The number of hydrogen-bond acceptors (Lipinski definition) is 4. The van der Waals surface area contributed by atoms with Crippen LogP contribution in [0.1, 0.15) is 28.8 Å². The zero-order valence-electron chi connectivity index (χ0n) is 11.1. The van der Waals surface area contributed by atoms with Gasteiger partial charge in [0.2, 0.25) is 0 Å². The topological polar surface area (TPSA) is 71.8 Å². The first kappa shape index (κ1) is 14.1. The average molecular weight is 254 g/mol. The maximum Gasteiger partial charge on any atom is 0.341 e. The van der Waals surface area contributed by atoms with Crippen LogP contribution >= 0.6 is 0 Å². The van der Waals surface area contributed by atoms with E-state index in [9.17, 15) is 9.59 Å². The summed E-state index contributed by atoms with van der Waals surface area (Å²) < 4.78 is 10.0. The van der Waals surface area contributed by atoms with E-state index in [4.69, 9.17) is 4.42 Å². The minimum absolute atomic E-state index is 0.189. The summed E-state index contributed by atoms with van der Waals surface area (Å²) in [5.74, 6) is 0.589. The minimum Gasteiger partial charge on any atom is -0.465 e. The first-order valence-electron chi connectivity index (χ1n) is 5.66. The predicted molar refractivity (Wildman–Crippen MR) is 65.3 cm³/mol. The number of hydrogen-bond donors (Lipinski definition) is 1. The molecule has 100 valence electrons. The molecule has 0 aliphatic rings. The summed E-state index contributed by atoms with van der Waals surface area (Å²) in [4.78, 5) is 24.4. The molecular formula is C12H18N2O4. The highest BCUT2D eigenvalue weighted by Crippen LogP contribution is 2.16. The van der Waals surface area contributed by atoms with E-state index in [1.807, 2.05) is 6.92 Å². The van der Waals surface area contributed by atoms with Crippen LogP contribution in [-0.4, -0.2) is 37.6 Å². The lowest BCUT2D eigenvalue weighted by molar-refractivity contribution is 0.0598. The molecule has 1 aromatic heterocycles. The van der Waals surface area contributed by atoms with Gasteiger partial charge in [0.1, 0.15) is 17.1 Å². The number of methoxy groups -OCH3 is 1. The number of rotatable bonds is 4. The Hall–Kier alpha value is -1.98. The number of furan rings is 1. The Balaban J connectivity index is 2.74. The largest absolute Gasteiger partial charge is 0.465 e. The number of carbonyl (C=O) groups excluding carboxylic acids is 2. The highest BCUT2D eigenvalue weighted by Gasteiger charge is 2.17. The van der Waals surface area contributed by atoms with Gasteiger partial charge in [-0.05, 0) is 19.9 Å². The minimum atomic E-state index is -0.442. The molecule has 0 spiro atoms. The second-order valence-electron chi connectivity index (χ2n) is 3.87. The van der Waals surface area contributed by atoms with E-state index in [0.717, 1.165) is 0 Å². The van der Waals surface area contributed by atoms with Crippen LogP contribution in [0.25, 0.3) is 0 Å². The maximum absolute atomic E-state index is 11.5. The second-order valence-corrected chi connectivity index (χ2v) is 3.87. The first-order chi connectivity index (χ1) is 8.49. The molecule has 0 aliphatic heterocycles. The lowest BCUT2D eigenvalue weighted by atomic mass is 10.2. The number of carbonyl (C=O) groups is 2. The number of nitrogens with one attached hydrogen (secondary N) is 1. The smallest absolute Gasteiger partial charge is 0.341 e. The third-order valence-electron chi connectivity index (χ3n) is 2.44. The quantitative estimate of drug-likeness (QED) is 0.827. The van der Waals surface area contributed by atoms with E-state index in [1.54, 1.807) is 20.0 Å². The maximum atomic E-state index is 11.5. The van der Waals surface area contributed by atoms with Crippen LogP contribution < -0.4 is 5.32 Å². The molecule has 18 heavy (non-hydrogen) atoms. The highest BCUT2D eigenvalue weighted by atomic mass is 16.5. The Morgan fingerprint density at radius 2 is 2.17 bits per heavy atom. The monoisotopic (exact) mass is 254 g/mol. The van der Waals surface area contributed by atoms with Gasteiger partial charge in [-0.2, -0.15) is 0 Å². The molecule has 0 radical (unpaired) electrons. The van der Waals surface area contributed by atoms with Gasteiger partial charge >= 0.3 is 12.0 Å². The zero-order chi connectivity index (χ0) is 13.7. The Morgan fingerprint density at radius 1 is 1.50 bits per heavy atom.